The highest BCUT2D eigenvalue weighted by molar-refractivity contribution is 5.65. The number of halogens is 3. The van der Waals surface area contributed by atoms with Gasteiger partial charge in [-0.3, -0.25) is 0 Å². The van der Waals surface area contributed by atoms with E-state index in [1.807, 2.05) is 0 Å². The topological polar surface area (TPSA) is 71.0 Å². The highest BCUT2D eigenvalue weighted by Gasteiger charge is 2.55. The van der Waals surface area contributed by atoms with Crippen LogP contribution in [0.5, 0.6) is 5.75 Å². The Balaban J connectivity index is 1.65. The molecule has 162 valence electrons. The van der Waals surface area contributed by atoms with Crippen molar-refractivity contribution in [3.63, 3.8) is 0 Å². The van der Waals surface area contributed by atoms with Gasteiger partial charge in [-0.05, 0) is 48.9 Å². The fourth-order valence-corrected chi connectivity index (χ4v) is 4.53. The zero-order chi connectivity index (χ0) is 21.1. The van der Waals surface area contributed by atoms with Gasteiger partial charge in [0.2, 0.25) is 0 Å². The van der Waals surface area contributed by atoms with E-state index in [1.54, 1.807) is 31.4 Å². The van der Waals surface area contributed by atoms with Crippen LogP contribution in [0.25, 0.3) is 0 Å². The highest BCUT2D eigenvalue weighted by Crippen LogP contribution is 2.47. The van der Waals surface area contributed by atoms with Crippen molar-refractivity contribution < 1.29 is 32.5 Å². The van der Waals surface area contributed by atoms with Crippen molar-refractivity contribution in [3.05, 3.63) is 29.8 Å². The van der Waals surface area contributed by atoms with Crippen LogP contribution in [0, 0.1) is 11.3 Å². The summed E-state index contributed by atoms with van der Waals surface area (Å²) >= 11 is 0. The minimum Gasteiger partial charge on any atom is -0.497 e. The van der Waals surface area contributed by atoms with Crippen LogP contribution in [-0.2, 0) is 11.3 Å². The molecule has 0 saturated carbocycles. The van der Waals surface area contributed by atoms with Crippen LogP contribution < -0.4 is 10.1 Å². The number of likely N-dealkylation sites (tertiary alicyclic amines) is 1. The molecule has 1 amide bonds. The van der Waals surface area contributed by atoms with Crippen LogP contribution in [0.3, 0.4) is 0 Å². The summed E-state index contributed by atoms with van der Waals surface area (Å²) in [4.78, 5) is 12.4. The summed E-state index contributed by atoms with van der Waals surface area (Å²) in [7, 11) is 1.55. The van der Waals surface area contributed by atoms with Crippen molar-refractivity contribution >= 4 is 6.09 Å². The summed E-state index contributed by atoms with van der Waals surface area (Å²) in [6.07, 6.45) is -3.93. The van der Waals surface area contributed by atoms with Crippen molar-refractivity contribution in [2.45, 2.75) is 38.1 Å². The molecule has 0 aliphatic carbocycles. The van der Waals surface area contributed by atoms with E-state index in [0.29, 0.717) is 31.6 Å². The second-order valence-corrected chi connectivity index (χ2v) is 7.83. The molecule has 3 rings (SSSR count). The number of piperidine rings is 1. The van der Waals surface area contributed by atoms with E-state index >= 15 is 0 Å². The van der Waals surface area contributed by atoms with Crippen LogP contribution in [0.4, 0.5) is 18.0 Å². The minimum atomic E-state index is -4.40. The largest absolute Gasteiger partial charge is 0.497 e. The number of alkyl halides is 3. The molecule has 1 spiro atoms. The van der Waals surface area contributed by atoms with Gasteiger partial charge in [-0.25, -0.2) is 4.79 Å². The van der Waals surface area contributed by atoms with Crippen molar-refractivity contribution in [1.82, 2.24) is 10.2 Å². The number of rotatable bonds is 6. The summed E-state index contributed by atoms with van der Waals surface area (Å²) in [5.74, 6) is -0.966. The van der Waals surface area contributed by atoms with E-state index in [2.05, 4.69) is 5.32 Å². The Hall–Kier alpha value is -2.00. The van der Waals surface area contributed by atoms with Gasteiger partial charge in [-0.1, -0.05) is 12.1 Å². The molecule has 2 saturated heterocycles. The molecule has 2 aliphatic rings. The molecule has 2 N–H and O–H groups in total. The van der Waals surface area contributed by atoms with E-state index in [1.165, 1.54) is 4.90 Å². The van der Waals surface area contributed by atoms with Gasteiger partial charge in [0.1, 0.15) is 5.75 Å². The number of nitrogens with one attached hydrogen (secondary N) is 1. The smallest absolute Gasteiger partial charge is 0.407 e. The first kappa shape index (κ1) is 21.7. The lowest BCUT2D eigenvalue weighted by Crippen LogP contribution is -2.54. The Bertz CT molecular complexity index is 688. The summed E-state index contributed by atoms with van der Waals surface area (Å²) in [6.45, 7) is 0.694. The maximum Gasteiger partial charge on any atom is 0.407 e. The van der Waals surface area contributed by atoms with E-state index in [0.717, 1.165) is 5.56 Å². The SMILES string of the molecule is COc1ccc(COCC(C2NCCC23CCN(C(=O)O)CC3)C(F)(F)F)cc1. The standard InChI is InChI=1S/C20H27F3N2O4/c1-28-15-4-2-14(3-5-15)12-29-13-16(20(21,22)23)17-19(6-9-24-17)7-10-25(11-8-19)18(26)27/h2-5,16-17,24H,6-13H2,1H3,(H,26,27). The Morgan fingerprint density at radius 3 is 2.48 bits per heavy atom. The molecule has 6 nitrogen and oxygen atoms in total. The van der Waals surface area contributed by atoms with Gasteiger partial charge in [-0.2, -0.15) is 13.2 Å². The number of carbonyl (C=O) groups is 1. The molecule has 29 heavy (non-hydrogen) atoms. The summed E-state index contributed by atoms with van der Waals surface area (Å²) in [6, 6.07) is 6.23. The van der Waals surface area contributed by atoms with E-state index < -0.39 is 36.3 Å². The number of carboxylic acid groups (broad SMARTS) is 1. The van der Waals surface area contributed by atoms with Crippen LogP contribution in [0.2, 0.25) is 0 Å². The Labute approximate surface area is 168 Å². The second-order valence-electron chi connectivity index (χ2n) is 7.83. The van der Waals surface area contributed by atoms with Crippen molar-refractivity contribution in [2.75, 3.05) is 33.4 Å². The molecule has 2 heterocycles. The molecule has 1 aromatic rings. The summed E-state index contributed by atoms with van der Waals surface area (Å²) in [5, 5.41) is 12.2. The zero-order valence-corrected chi connectivity index (χ0v) is 16.4. The monoisotopic (exact) mass is 416 g/mol. The Kier molecular flexibility index (Phi) is 6.58. The molecule has 9 heteroatoms. The average molecular weight is 416 g/mol. The fourth-order valence-electron chi connectivity index (χ4n) is 4.53. The van der Waals surface area contributed by atoms with Gasteiger partial charge in [0.25, 0.3) is 0 Å². The lowest BCUT2D eigenvalue weighted by molar-refractivity contribution is -0.205. The van der Waals surface area contributed by atoms with Gasteiger partial charge in [0.15, 0.2) is 0 Å². The van der Waals surface area contributed by atoms with Gasteiger partial charge >= 0.3 is 12.3 Å². The molecule has 1 aromatic carbocycles. The molecule has 2 atom stereocenters. The van der Waals surface area contributed by atoms with E-state index in [9.17, 15) is 18.0 Å². The average Bonchev–Trinajstić information content (AvgIpc) is 3.07. The molecule has 0 bridgehead atoms. The third-order valence-electron chi connectivity index (χ3n) is 6.22. The van der Waals surface area contributed by atoms with Gasteiger partial charge in [0, 0.05) is 19.1 Å². The number of ether oxygens (including phenoxy) is 2. The van der Waals surface area contributed by atoms with Gasteiger partial charge in [0.05, 0.1) is 26.2 Å². The van der Waals surface area contributed by atoms with Crippen molar-refractivity contribution in [2.24, 2.45) is 11.3 Å². The number of hydrogen-bond acceptors (Lipinski definition) is 4. The summed E-state index contributed by atoms with van der Waals surface area (Å²) in [5.41, 5.74) is 0.228. The zero-order valence-electron chi connectivity index (χ0n) is 16.4. The van der Waals surface area contributed by atoms with Gasteiger partial charge in [-0.15, -0.1) is 0 Å². The second kappa shape index (κ2) is 8.79. The Morgan fingerprint density at radius 2 is 1.93 bits per heavy atom. The molecule has 0 aromatic heterocycles. The first-order valence-electron chi connectivity index (χ1n) is 9.74. The normalized spacial score (nSPS) is 22.6. The van der Waals surface area contributed by atoms with E-state index in [4.69, 9.17) is 14.6 Å². The minimum absolute atomic E-state index is 0.0864. The first-order chi connectivity index (χ1) is 13.7. The number of amides is 1. The number of nitrogens with zero attached hydrogens (tertiary/aromatic N) is 1. The van der Waals surface area contributed by atoms with Crippen LogP contribution in [0.1, 0.15) is 24.8 Å². The molecule has 2 fully saturated rings. The highest BCUT2D eigenvalue weighted by atomic mass is 19.4. The molecule has 0 radical (unpaired) electrons. The van der Waals surface area contributed by atoms with Crippen LogP contribution in [0.15, 0.2) is 24.3 Å². The quantitative estimate of drug-likeness (QED) is 0.743. The van der Waals surface area contributed by atoms with Crippen LogP contribution in [-0.4, -0.2) is 61.7 Å². The summed E-state index contributed by atoms with van der Waals surface area (Å²) < 4.78 is 52.2. The van der Waals surface area contributed by atoms with Crippen molar-refractivity contribution in [3.8, 4) is 5.75 Å². The third-order valence-corrected chi connectivity index (χ3v) is 6.22. The number of methoxy groups -OCH3 is 1. The number of benzene rings is 1. The van der Waals surface area contributed by atoms with Crippen LogP contribution >= 0.6 is 0 Å². The van der Waals surface area contributed by atoms with Gasteiger partial charge < -0.3 is 24.8 Å². The number of hydrogen-bond donors (Lipinski definition) is 2. The third kappa shape index (κ3) is 4.95. The fraction of sp³-hybridized carbons (Fsp3) is 0.650. The predicted molar refractivity (Wildman–Crippen MR) is 99.9 cm³/mol. The lowest BCUT2D eigenvalue weighted by atomic mass is 9.68. The Morgan fingerprint density at radius 1 is 1.28 bits per heavy atom. The van der Waals surface area contributed by atoms with Crippen molar-refractivity contribution in [1.29, 1.82) is 0 Å². The lowest BCUT2D eigenvalue weighted by Gasteiger charge is -2.44. The molecular weight excluding hydrogens is 389 g/mol. The maximum absolute atomic E-state index is 13.9. The molecule has 2 aliphatic heterocycles. The molecular formula is C20H27F3N2O4. The van der Waals surface area contributed by atoms with E-state index in [-0.39, 0.29) is 19.7 Å². The predicted octanol–water partition coefficient (Wildman–Crippen LogP) is 3.51. The molecule has 2 unspecified atom stereocenters. The maximum atomic E-state index is 13.9. The first-order valence-corrected chi connectivity index (χ1v) is 9.74.